The van der Waals surface area contributed by atoms with E-state index in [1.165, 1.54) is 28.0 Å². The van der Waals surface area contributed by atoms with Gasteiger partial charge in [-0.05, 0) is 49.9 Å². The van der Waals surface area contributed by atoms with Crippen LogP contribution in [-0.2, 0) is 28.9 Å². The number of benzene rings is 1. The summed E-state index contributed by atoms with van der Waals surface area (Å²) in [6.45, 7) is 3.32. The lowest BCUT2D eigenvalue weighted by Crippen LogP contribution is -2.26. The number of thioether (sulfide) groups is 1. The van der Waals surface area contributed by atoms with Crippen LogP contribution < -0.4 is 15.6 Å². The average molecular weight is 517 g/mol. The van der Waals surface area contributed by atoms with Crippen LogP contribution in [0.25, 0.3) is 20.4 Å². The average Bonchev–Trinajstić information content (AvgIpc) is 3.51. The molecule has 0 radical (unpaired) electrons. The smallest absolute Gasteiger partial charge is 0.263 e. The summed E-state index contributed by atoms with van der Waals surface area (Å²) in [7, 11) is 1.61. The quantitative estimate of drug-likeness (QED) is 0.261. The largest absolute Gasteiger partial charge is 0.494 e. The van der Waals surface area contributed by atoms with Crippen LogP contribution in [0.1, 0.15) is 23.8 Å². The van der Waals surface area contributed by atoms with Gasteiger partial charge in [0.2, 0.25) is 5.91 Å². The van der Waals surface area contributed by atoms with E-state index < -0.39 is 0 Å². The Hall–Kier alpha value is -2.47. The summed E-state index contributed by atoms with van der Waals surface area (Å²) < 4.78 is 13.3. The summed E-state index contributed by atoms with van der Waals surface area (Å²) in [5, 5.41) is 4.68. The van der Waals surface area contributed by atoms with Crippen LogP contribution in [0.3, 0.4) is 0 Å². The van der Waals surface area contributed by atoms with Gasteiger partial charge in [-0.3, -0.25) is 14.2 Å². The molecule has 3 heterocycles. The number of amides is 1. The molecule has 1 aliphatic carbocycles. The second-order valence-electron chi connectivity index (χ2n) is 7.80. The molecule has 5 rings (SSSR count). The van der Waals surface area contributed by atoms with Crippen LogP contribution in [0.4, 0.5) is 5.13 Å². The molecule has 1 N–H and O–H groups in total. The van der Waals surface area contributed by atoms with Gasteiger partial charge in [0.15, 0.2) is 10.3 Å². The number of nitrogens with zero attached hydrogens (tertiary/aromatic N) is 3. The summed E-state index contributed by atoms with van der Waals surface area (Å²) >= 11 is 4.26. The number of fused-ring (bicyclic) bond motifs is 4. The van der Waals surface area contributed by atoms with Gasteiger partial charge in [-0.15, -0.1) is 11.3 Å². The zero-order chi connectivity index (χ0) is 23.7. The number of carbonyl (C=O) groups excluding carboxylic acids is 1. The highest BCUT2D eigenvalue weighted by Crippen LogP contribution is 2.35. The van der Waals surface area contributed by atoms with Gasteiger partial charge in [0, 0.05) is 12.0 Å². The number of rotatable bonds is 9. The predicted octanol–water partition coefficient (Wildman–Crippen LogP) is 4.33. The molecule has 8 nitrogen and oxygen atoms in total. The first-order valence-corrected chi connectivity index (χ1v) is 13.7. The number of nitrogens with one attached hydrogen (secondary N) is 1. The van der Waals surface area contributed by atoms with E-state index in [4.69, 9.17) is 14.5 Å². The first-order chi connectivity index (χ1) is 16.6. The van der Waals surface area contributed by atoms with Crippen molar-refractivity contribution >= 4 is 65.9 Å². The van der Waals surface area contributed by atoms with E-state index in [9.17, 15) is 9.59 Å². The fourth-order valence-electron chi connectivity index (χ4n) is 4.05. The van der Waals surface area contributed by atoms with Gasteiger partial charge in [0.05, 0.1) is 41.1 Å². The molecule has 0 spiro atoms. The Morgan fingerprint density at radius 2 is 2.15 bits per heavy atom. The molecule has 178 valence electrons. The third-order valence-electron chi connectivity index (χ3n) is 5.56. The van der Waals surface area contributed by atoms with Crippen LogP contribution in [0.15, 0.2) is 28.2 Å². The maximum atomic E-state index is 13.3. The van der Waals surface area contributed by atoms with Crippen molar-refractivity contribution < 1.29 is 14.3 Å². The van der Waals surface area contributed by atoms with Crippen molar-refractivity contribution in [2.24, 2.45) is 0 Å². The Bertz CT molecular complexity index is 1430. The van der Waals surface area contributed by atoms with Gasteiger partial charge < -0.3 is 14.8 Å². The first-order valence-electron chi connectivity index (χ1n) is 11.1. The highest BCUT2D eigenvalue weighted by Gasteiger charge is 2.23. The molecular weight excluding hydrogens is 492 g/mol. The van der Waals surface area contributed by atoms with Crippen LogP contribution >= 0.6 is 34.4 Å². The summed E-state index contributed by atoms with van der Waals surface area (Å²) in [6, 6.07) is 5.68. The molecule has 1 aromatic carbocycles. The van der Waals surface area contributed by atoms with E-state index in [1.807, 2.05) is 25.1 Å². The maximum absolute atomic E-state index is 13.3. The Kier molecular flexibility index (Phi) is 6.87. The van der Waals surface area contributed by atoms with E-state index in [1.54, 1.807) is 23.0 Å². The molecule has 4 aromatic rings. The number of thiophene rings is 1. The van der Waals surface area contributed by atoms with E-state index in [0.29, 0.717) is 30.0 Å². The molecular formula is C23H24N4O4S3. The number of carbonyl (C=O) groups is 1. The summed E-state index contributed by atoms with van der Waals surface area (Å²) in [5.74, 6) is 0.702. The van der Waals surface area contributed by atoms with Crippen LogP contribution in [0.5, 0.6) is 5.75 Å². The van der Waals surface area contributed by atoms with Crippen molar-refractivity contribution in [2.75, 3.05) is 31.4 Å². The minimum atomic E-state index is -0.199. The fraction of sp³-hybridized carbons (Fsp3) is 0.391. The van der Waals surface area contributed by atoms with E-state index in [0.717, 1.165) is 51.0 Å². The van der Waals surface area contributed by atoms with Gasteiger partial charge in [0.25, 0.3) is 5.56 Å². The van der Waals surface area contributed by atoms with Gasteiger partial charge in [-0.25, -0.2) is 9.97 Å². The molecule has 34 heavy (non-hydrogen) atoms. The number of methoxy groups -OCH3 is 1. The van der Waals surface area contributed by atoms with E-state index in [-0.39, 0.29) is 17.2 Å². The number of aromatic nitrogens is 3. The molecule has 1 aliphatic rings. The molecule has 0 atom stereocenters. The molecule has 0 aliphatic heterocycles. The van der Waals surface area contributed by atoms with Crippen molar-refractivity contribution in [3.63, 3.8) is 0 Å². The maximum Gasteiger partial charge on any atom is 0.263 e. The first kappa shape index (κ1) is 23.3. The second-order valence-corrected chi connectivity index (χ2v) is 10.9. The van der Waals surface area contributed by atoms with E-state index in [2.05, 4.69) is 10.3 Å². The minimum absolute atomic E-state index is 0.0411. The Labute approximate surface area is 208 Å². The Morgan fingerprint density at radius 3 is 2.97 bits per heavy atom. The highest BCUT2D eigenvalue weighted by atomic mass is 32.2. The highest BCUT2D eigenvalue weighted by molar-refractivity contribution is 7.99. The third-order valence-corrected chi connectivity index (χ3v) is 8.65. The molecule has 0 bridgehead atoms. The zero-order valence-electron chi connectivity index (χ0n) is 18.9. The number of aryl methyl sites for hydroxylation is 2. The molecule has 0 saturated heterocycles. The zero-order valence-corrected chi connectivity index (χ0v) is 21.3. The number of hydrogen-bond donors (Lipinski definition) is 1. The topological polar surface area (TPSA) is 95.3 Å². The predicted molar refractivity (Wildman–Crippen MR) is 138 cm³/mol. The normalized spacial score (nSPS) is 13.0. The number of ether oxygens (including phenoxy) is 2. The van der Waals surface area contributed by atoms with Crippen molar-refractivity contribution in [2.45, 2.75) is 37.9 Å². The van der Waals surface area contributed by atoms with Crippen LogP contribution in [0.2, 0.25) is 0 Å². The molecule has 0 fully saturated rings. The van der Waals surface area contributed by atoms with Gasteiger partial charge in [-0.1, -0.05) is 23.1 Å². The lowest BCUT2D eigenvalue weighted by Gasteiger charge is -2.11. The lowest BCUT2D eigenvalue weighted by atomic mass is 10.2. The fourth-order valence-corrected chi connectivity index (χ4v) is 7.09. The molecule has 3 aromatic heterocycles. The van der Waals surface area contributed by atoms with Crippen molar-refractivity contribution in [3.8, 4) is 5.75 Å². The number of hydrogen-bond acceptors (Lipinski definition) is 9. The molecule has 0 saturated carbocycles. The van der Waals surface area contributed by atoms with Gasteiger partial charge in [-0.2, -0.15) is 0 Å². The van der Waals surface area contributed by atoms with Crippen molar-refractivity contribution in [1.29, 1.82) is 0 Å². The van der Waals surface area contributed by atoms with E-state index >= 15 is 0 Å². The van der Waals surface area contributed by atoms with Gasteiger partial charge >= 0.3 is 0 Å². The number of thiazole rings is 1. The van der Waals surface area contributed by atoms with Gasteiger partial charge in [0.1, 0.15) is 10.6 Å². The molecule has 1 amide bonds. The summed E-state index contributed by atoms with van der Waals surface area (Å²) in [6.07, 6.45) is 3.02. The summed E-state index contributed by atoms with van der Waals surface area (Å²) in [4.78, 5) is 37.3. The lowest BCUT2D eigenvalue weighted by molar-refractivity contribution is -0.113. The third kappa shape index (κ3) is 4.57. The minimum Gasteiger partial charge on any atom is -0.494 e. The van der Waals surface area contributed by atoms with Crippen LogP contribution in [0, 0.1) is 0 Å². The monoisotopic (exact) mass is 516 g/mol. The van der Waals surface area contributed by atoms with Crippen molar-refractivity contribution in [3.05, 3.63) is 39.0 Å². The Morgan fingerprint density at radius 1 is 1.26 bits per heavy atom. The second kappa shape index (κ2) is 10.0. The summed E-state index contributed by atoms with van der Waals surface area (Å²) in [5.41, 5.74) is 1.92. The Balaban J connectivity index is 1.34. The molecule has 11 heteroatoms. The van der Waals surface area contributed by atoms with Crippen molar-refractivity contribution in [1.82, 2.24) is 14.5 Å². The number of anilines is 1. The SMILES string of the molecule is CCOc1ccc2nc(NC(=O)CSc3nc4sc5c(c4c(=O)n3CCOC)CCC5)sc2c1. The van der Waals surface area contributed by atoms with Crippen LogP contribution in [-0.4, -0.2) is 46.5 Å². The molecule has 0 unspecified atom stereocenters. The standard InChI is InChI=1S/C23H24N4O4S3/c1-3-31-13-7-8-15-17(11-13)34-22(24-15)25-18(28)12-32-23-26-20-19(14-5-4-6-16(14)33-20)21(29)27(23)9-10-30-2/h7-8,11H,3-6,9-10,12H2,1-2H3,(H,24,25,28).